The second-order valence-corrected chi connectivity index (χ2v) is 4.33. The summed E-state index contributed by atoms with van der Waals surface area (Å²) in [6.07, 6.45) is 1.76. The maximum absolute atomic E-state index is 5.42. The van der Waals surface area contributed by atoms with Gasteiger partial charge in [0.05, 0.1) is 18.5 Å². The molecule has 3 heteroatoms. The highest BCUT2D eigenvalue weighted by Gasteiger charge is 2.09. The molecule has 98 valence electrons. The van der Waals surface area contributed by atoms with E-state index in [0.29, 0.717) is 5.88 Å². The van der Waals surface area contributed by atoms with Crippen molar-refractivity contribution in [2.45, 2.75) is 0 Å². The maximum atomic E-state index is 5.42. The predicted molar refractivity (Wildman–Crippen MR) is 79.5 cm³/mol. The van der Waals surface area contributed by atoms with Crippen LogP contribution in [0, 0.1) is 0 Å². The minimum Gasteiger partial charge on any atom is -0.481 e. The summed E-state index contributed by atoms with van der Waals surface area (Å²) in [5.74, 6) is 0.611. The molecule has 0 fully saturated rings. The average Bonchev–Trinajstić information content (AvgIpc) is 2.56. The van der Waals surface area contributed by atoms with Crippen molar-refractivity contribution in [1.82, 2.24) is 9.97 Å². The van der Waals surface area contributed by atoms with Crippen molar-refractivity contribution in [3.05, 3.63) is 66.9 Å². The van der Waals surface area contributed by atoms with E-state index in [9.17, 15) is 0 Å². The van der Waals surface area contributed by atoms with E-state index in [1.165, 1.54) is 0 Å². The van der Waals surface area contributed by atoms with Gasteiger partial charge >= 0.3 is 0 Å². The highest BCUT2D eigenvalue weighted by molar-refractivity contribution is 5.71. The number of rotatable bonds is 3. The van der Waals surface area contributed by atoms with Crippen molar-refractivity contribution in [3.8, 4) is 28.4 Å². The molecule has 0 saturated heterocycles. The van der Waals surface area contributed by atoms with E-state index in [0.717, 1.165) is 22.5 Å². The van der Waals surface area contributed by atoms with Crippen LogP contribution in [0.2, 0.25) is 0 Å². The third-order valence-electron chi connectivity index (χ3n) is 3.07. The van der Waals surface area contributed by atoms with Crippen LogP contribution in [0.1, 0.15) is 0 Å². The van der Waals surface area contributed by atoms with Gasteiger partial charge in [0, 0.05) is 11.8 Å². The van der Waals surface area contributed by atoms with Gasteiger partial charge in [-0.25, -0.2) is 4.98 Å². The van der Waals surface area contributed by atoms with Crippen molar-refractivity contribution in [3.63, 3.8) is 0 Å². The van der Waals surface area contributed by atoms with E-state index in [4.69, 9.17) is 4.74 Å². The molecule has 2 aromatic heterocycles. The van der Waals surface area contributed by atoms with Crippen LogP contribution in [-0.2, 0) is 0 Å². The Morgan fingerprint density at radius 3 is 2.30 bits per heavy atom. The number of benzene rings is 1. The van der Waals surface area contributed by atoms with Crippen molar-refractivity contribution in [1.29, 1.82) is 0 Å². The molecule has 0 radical (unpaired) electrons. The Kier molecular flexibility index (Phi) is 3.42. The van der Waals surface area contributed by atoms with Crippen LogP contribution in [0.3, 0.4) is 0 Å². The lowest BCUT2D eigenvalue weighted by molar-refractivity contribution is 0.400. The third-order valence-corrected chi connectivity index (χ3v) is 3.07. The normalized spacial score (nSPS) is 10.2. The minimum atomic E-state index is 0.611. The fraction of sp³-hybridized carbons (Fsp3) is 0.0588. The summed E-state index contributed by atoms with van der Waals surface area (Å²) >= 11 is 0. The highest BCUT2D eigenvalue weighted by atomic mass is 16.5. The van der Waals surface area contributed by atoms with Crippen LogP contribution < -0.4 is 4.74 Å². The molecular weight excluding hydrogens is 248 g/mol. The van der Waals surface area contributed by atoms with Crippen LogP contribution in [-0.4, -0.2) is 17.1 Å². The third kappa shape index (κ3) is 2.38. The summed E-state index contributed by atoms with van der Waals surface area (Å²) in [7, 11) is 1.64. The van der Waals surface area contributed by atoms with Crippen LogP contribution in [0.15, 0.2) is 66.9 Å². The molecule has 0 saturated carbocycles. The van der Waals surface area contributed by atoms with E-state index < -0.39 is 0 Å². The molecule has 3 aromatic rings. The molecule has 0 bridgehead atoms. The first-order valence-corrected chi connectivity index (χ1v) is 6.40. The SMILES string of the molecule is COc1nc(-c2ccccn2)ccc1-c1ccccc1. The number of aromatic nitrogens is 2. The van der Waals surface area contributed by atoms with Crippen LogP contribution in [0.5, 0.6) is 5.88 Å². The molecule has 3 rings (SSSR count). The lowest BCUT2D eigenvalue weighted by atomic mass is 10.1. The summed E-state index contributed by atoms with van der Waals surface area (Å²) < 4.78 is 5.42. The monoisotopic (exact) mass is 262 g/mol. The molecule has 2 heterocycles. The van der Waals surface area contributed by atoms with Crippen molar-refractivity contribution >= 4 is 0 Å². The lowest BCUT2D eigenvalue weighted by Crippen LogP contribution is -1.94. The zero-order valence-corrected chi connectivity index (χ0v) is 11.2. The number of hydrogen-bond donors (Lipinski definition) is 0. The van der Waals surface area contributed by atoms with Gasteiger partial charge in [0.15, 0.2) is 0 Å². The maximum Gasteiger partial charge on any atom is 0.221 e. The van der Waals surface area contributed by atoms with Gasteiger partial charge in [0.2, 0.25) is 5.88 Å². The van der Waals surface area contributed by atoms with Gasteiger partial charge in [-0.05, 0) is 29.8 Å². The van der Waals surface area contributed by atoms with Gasteiger partial charge in [-0.1, -0.05) is 36.4 Å². The summed E-state index contributed by atoms with van der Waals surface area (Å²) in [5.41, 5.74) is 3.71. The van der Waals surface area contributed by atoms with Gasteiger partial charge < -0.3 is 4.74 Å². The molecule has 0 amide bonds. The number of nitrogens with zero attached hydrogens (tertiary/aromatic N) is 2. The Hall–Kier alpha value is -2.68. The Balaban J connectivity index is 2.07. The van der Waals surface area contributed by atoms with E-state index >= 15 is 0 Å². The van der Waals surface area contributed by atoms with Crippen molar-refractivity contribution in [2.24, 2.45) is 0 Å². The van der Waals surface area contributed by atoms with Crippen molar-refractivity contribution in [2.75, 3.05) is 7.11 Å². The second-order valence-electron chi connectivity index (χ2n) is 4.33. The molecule has 0 aliphatic rings. The number of ether oxygens (including phenoxy) is 1. The largest absolute Gasteiger partial charge is 0.481 e. The Labute approximate surface area is 117 Å². The first kappa shape index (κ1) is 12.4. The van der Waals surface area contributed by atoms with E-state index in [1.54, 1.807) is 13.3 Å². The summed E-state index contributed by atoms with van der Waals surface area (Å²) in [4.78, 5) is 8.86. The second kappa shape index (κ2) is 5.53. The van der Waals surface area contributed by atoms with E-state index in [-0.39, 0.29) is 0 Å². The molecule has 0 unspecified atom stereocenters. The van der Waals surface area contributed by atoms with Crippen LogP contribution in [0.25, 0.3) is 22.5 Å². The average molecular weight is 262 g/mol. The highest BCUT2D eigenvalue weighted by Crippen LogP contribution is 2.30. The Morgan fingerprint density at radius 2 is 1.60 bits per heavy atom. The quantitative estimate of drug-likeness (QED) is 0.719. The topological polar surface area (TPSA) is 35.0 Å². The molecular formula is C17H14N2O. The molecule has 0 atom stereocenters. The molecule has 0 aliphatic carbocycles. The zero-order chi connectivity index (χ0) is 13.8. The van der Waals surface area contributed by atoms with Gasteiger partial charge in [-0.15, -0.1) is 0 Å². The van der Waals surface area contributed by atoms with E-state index in [2.05, 4.69) is 9.97 Å². The summed E-state index contributed by atoms with van der Waals surface area (Å²) in [6, 6.07) is 19.8. The number of hydrogen-bond acceptors (Lipinski definition) is 3. The van der Waals surface area contributed by atoms with E-state index in [1.807, 2.05) is 60.7 Å². The molecule has 3 nitrogen and oxygen atoms in total. The first-order chi connectivity index (χ1) is 9.88. The van der Waals surface area contributed by atoms with Gasteiger partial charge in [0.1, 0.15) is 0 Å². The first-order valence-electron chi connectivity index (χ1n) is 6.40. The molecule has 0 spiro atoms. The molecule has 20 heavy (non-hydrogen) atoms. The standard InChI is InChI=1S/C17H14N2O/c1-20-17-14(13-7-3-2-4-8-13)10-11-16(19-17)15-9-5-6-12-18-15/h2-12H,1H3. The summed E-state index contributed by atoms with van der Waals surface area (Å²) in [6.45, 7) is 0. The summed E-state index contributed by atoms with van der Waals surface area (Å²) in [5, 5.41) is 0. The van der Waals surface area contributed by atoms with Gasteiger partial charge in [0.25, 0.3) is 0 Å². The fourth-order valence-electron chi connectivity index (χ4n) is 2.09. The molecule has 0 aliphatic heterocycles. The van der Waals surface area contributed by atoms with Crippen LogP contribution in [0.4, 0.5) is 0 Å². The smallest absolute Gasteiger partial charge is 0.221 e. The molecule has 1 aromatic carbocycles. The Morgan fingerprint density at radius 1 is 0.800 bits per heavy atom. The lowest BCUT2D eigenvalue weighted by Gasteiger charge is -2.09. The number of pyridine rings is 2. The molecule has 0 N–H and O–H groups in total. The predicted octanol–water partition coefficient (Wildman–Crippen LogP) is 3.82. The zero-order valence-electron chi connectivity index (χ0n) is 11.2. The van der Waals surface area contributed by atoms with Gasteiger partial charge in [-0.2, -0.15) is 0 Å². The van der Waals surface area contributed by atoms with Gasteiger partial charge in [-0.3, -0.25) is 4.98 Å². The minimum absolute atomic E-state index is 0.611. The Bertz CT molecular complexity index is 697. The van der Waals surface area contributed by atoms with Crippen LogP contribution >= 0.6 is 0 Å². The fourth-order valence-corrected chi connectivity index (χ4v) is 2.09. The van der Waals surface area contributed by atoms with Crippen molar-refractivity contribution < 1.29 is 4.74 Å². The number of methoxy groups -OCH3 is 1.